The third-order valence-electron chi connectivity index (χ3n) is 15.2. The predicted octanol–water partition coefficient (Wildman–Crippen LogP) is 7.63. The molecule has 10 heterocycles. The van der Waals surface area contributed by atoms with Crippen molar-refractivity contribution in [3.8, 4) is 34.8 Å². The van der Waals surface area contributed by atoms with Crippen molar-refractivity contribution in [2.24, 2.45) is 0 Å². The predicted molar refractivity (Wildman–Crippen MR) is 287 cm³/mol. The number of nitrogens with one attached hydrogen (secondary N) is 2. The average Bonchev–Trinajstić information content (AvgIpc) is 4.24. The molecule has 0 bridgehead atoms. The Bertz CT molecular complexity index is 3590. The molecule has 14 rings (SSSR count). The number of benzene rings is 4. The minimum atomic E-state index is 0.457. The second-order valence-corrected chi connectivity index (χ2v) is 19.6. The maximum absolute atomic E-state index is 6.04. The summed E-state index contributed by atoms with van der Waals surface area (Å²) < 4.78 is 26.9. The molecule has 4 aliphatic heterocycles. The van der Waals surface area contributed by atoms with Crippen LogP contribution in [0.25, 0.3) is 33.1 Å². The molecule has 0 saturated carbocycles. The lowest BCUT2D eigenvalue weighted by Gasteiger charge is -2.48. The highest BCUT2D eigenvalue weighted by Crippen LogP contribution is 2.48. The third-order valence-corrected chi connectivity index (χ3v) is 15.2. The molecule has 2 N–H and O–H groups in total. The van der Waals surface area contributed by atoms with E-state index >= 15 is 0 Å². The molecule has 4 saturated heterocycles. The summed E-state index contributed by atoms with van der Waals surface area (Å²) in [7, 11) is 7.85. The highest BCUT2D eigenvalue weighted by molar-refractivity contribution is 6.05. The van der Waals surface area contributed by atoms with Crippen LogP contribution in [0.5, 0.6) is 34.8 Å². The van der Waals surface area contributed by atoms with Crippen LogP contribution in [0.15, 0.2) is 111 Å². The van der Waals surface area contributed by atoms with E-state index in [0.29, 0.717) is 58.7 Å². The van der Waals surface area contributed by atoms with Gasteiger partial charge in [0, 0.05) is 73.9 Å². The fourth-order valence-electron chi connectivity index (χ4n) is 11.2. The van der Waals surface area contributed by atoms with Gasteiger partial charge in [0.05, 0.1) is 47.4 Å². The Kier molecular flexibility index (Phi) is 11.7. The summed E-state index contributed by atoms with van der Waals surface area (Å²) in [6.07, 6.45) is 11.6. The van der Waals surface area contributed by atoms with Gasteiger partial charge in [-0.3, -0.25) is 9.80 Å². The van der Waals surface area contributed by atoms with Crippen molar-refractivity contribution in [1.29, 1.82) is 0 Å². The lowest BCUT2D eigenvalue weighted by molar-refractivity contribution is 0.241. The van der Waals surface area contributed by atoms with Crippen molar-refractivity contribution in [3.63, 3.8) is 0 Å². The van der Waals surface area contributed by atoms with E-state index in [-0.39, 0.29) is 0 Å². The van der Waals surface area contributed by atoms with Gasteiger partial charge in [0.1, 0.15) is 72.6 Å². The number of methoxy groups -OCH3 is 2. The van der Waals surface area contributed by atoms with Crippen molar-refractivity contribution in [2.45, 2.75) is 50.9 Å². The first-order valence-electron chi connectivity index (χ1n) is 25.2. The first-order valence-corrected chi connectivity index (χ1v) is 25.2. The van der Waals surface area contributed by atoms with Gasteiger partial charge in [-0.15, -0.1) is 0 Å². The summed E-state index contributed by atoms with van der Waals surface area (Å²) in [6.45, 7) is 8.14. The van der Waals surface area contributed by atoms with E-state index in [1.54, 1.807) is 60.7 Å². The van der Waals surface area contributed by atoms with Crippen LogP contribution in [0.1, 0.15) is 24.0 Å². The van der Waals surface area contributed by atoms with Crippen LogP contribution in [-0.4, -0.2) is 148 Å². The number of rotatable bonds is 12. The Labute approximate surface area is 436 Å². The molecule has 4 aliphatic rings. The molecule has 4 fully saturated rings. The topological polar surface area (TPSA) is 212 Å². The van der Waals surface area contributed by atoms with Gasteiger partial charge in [0.15, 0.2) is 11.3 Å². The van der Waals surface area contributed by atoms with Crippen LogP contribution in [0.4, 0.5) is 34.4 Å². The van der Waals surface area contributed by atoms with Gasteiger partial charge < -0.3 is 39.4 Å². The number of aromatic nitrogens is 12. The van der Waals surface area contributed by atoms with Crippen molar-refractivity contribution in [2.75, 3.05) is 74.9 Å². The van der Waals surface area contributed by atoms with Gasteiger partial charge in [-0.25, -0.2) is 48.9 Å². The van der Waals surface area contributed by atoms with Gasteiger partial charge in [-0.2, -0.15) is 10.2 Å². The van der Waals surface area contributed by atoms with E-state index < -0.39 is 0 Å². The summed E-state index contributed by atoms with van der Waals surface area (Å²) >= 11 is 0. The van der Waals surface area contributed by atoms with Crippen LogP contribution in [0.2, 0.25) is 0 Å². The zero-order chi connectivity index (χ0) is 51.6. The lowest BCUT2D eigenvalue weighted by atomic mass is 9.94. The Balaban J connectivity index is 0.000000146. The van der Waals surface area contributed by atoms with Crippen molar-refractivity contribution >= 4 is 67.5 Å². The quantitative estimate of drug-likeness (QED) is 0.120. The minimum absolute atomic E-state index is 0.457. The van der Waals surface area contributed by atoms with Crippen molar-refractivity contribution < 1.29 is 18.9 Å². The zero-order valence-electron chi connectivity index (χ0n) is 42.7. The van der Waals surface area contributed by atoms with E-state index in [9.17, 15) is 0 Å². The first-order chi connectivity index (χ1) is 37.2. The zero-order valence-corrected chi connectivity index (χ0v) is 42.7. The third kappa shape index (κ3) is 8.30. The SMILES string of the molecule is COc1ccc2ncnc(Nc3ccc(Oc4cc5ncnn5cn4)c(C)c3)c2c1N1C[C@@H]2[C@H]1CCN2C.COc1ccc2ncnc(Nc3ccc(Oc4cc5ncnn5cn4)c(C)c3)c2c1N1C[C@H]2[C@@H]1CCN2C. The number of anilines is 6. The number of fused-ring (bicyclic) bond motifs is 6. The molecule has 0 unspecified atom stereocenters. The standard InChI is InChI=1S/2C27H27N9O2/c2*1-16-10-17(4-6-21(16)38-24-11-23-29-14-32-36(23)15-31-24)33-27-25-18(28-13-30-27)5-7-22(37-3)26(25)35-12-20-19(35)8-9-34(20)2/h2*4-7,10-11,13-15,19-20H,8-9,12H2,1-3H3,(H,28,30,33)/t2*19-,20-/m10/s1. The number of aryl methyl sites for hydroxylation is 2. The van der Waals surface area contributed by atoms with E-state index in [4.69, 9.17) is 18.9 Å². The number of hydrogen-bond acceptors (Lipinski definition) is 20. The van der Waals surface area contributed by atoms with E-state index in [1.165, 1.54) is 12.7 Å². The Morgan fingerprint density at radius 1 is 0.487 bits per heavy atom. The number of nitrogens with zero attached hydrogens (tertiary/aromatic N) is 16. The van der Waals surface area contributed by atoms with E-state index in [1.807, 2.05) is 74.5 Å². The molecule has 22 heteroatoms. The van der Waals surface area contributed by atoms with Crippen molar-refractivity contribution in [3.05, 3.63) is 122 Å². The van der Waals surface area contributed by atoms with Gasteiger partial charge >= 0.3 is 0 Å². The molecule has 4 atom stereocenters. The van der Waals surface area contributed by atoms with E-state index in [2.05, 4.69) is 94.4 Å². The fourth-order valence-corrected chi connectivity index (χ4v) is 11.2. The molecule has 6 aromatic heterocycles. The highest BCUT2D eigenvalue weighted by atomic mass is 16.5. The molecule has 4 aromatic carbocycles. The van der Waals surface area contributed by atoms with Crippen LogP contribution in [0, 0.1) is 13.8 Å². The molecule has 0 spiro atoms. The summed E-state index contributed by atoms with van der Waals surface area (Å²) in [5.74, 6) is 5.48. The van der Waals surface area contributed by atoms with Crippen LogP contribution < -0.4 is 39.4 Å². The van der Waals surface area contributed by atoms with Gasteiger partial charge in [0.2, 0.25) is 11.8 Å². The Morgan fingerprint density at radius 2 is 0.934 bits per heavy atom. The monoisotopic (exact) mass is 1020 g/mol. The molecular weight excluding hydrogens is 965 g/mol. The molecule has 0 amide bonds. The van der Waals surface area contributed by atoms with Gasteiger partial charge in [-0.05, 0) is 113 Å². The largest absolute Gasteiger partial charge is 0.495 e. The van der Waals surface area contributed by atoms with Crippen LogP contribution in [-0.2, 0) is 0 Å². The first kappa shape index (κ1) is 46.7. The normalized spacial score (nSPS) is 19.0. The molecular formula is C54H54N18O4. The van der Waals surface area contributed by atoms with Crippen LogP contribution in [0.3, 0.4) is 0 Å². The number of likely N-dealkylation sites (tertiary alicyclic amines) is 2. The second-order valence-electron chi connectivity index (χ2n) is 19.6. The van der Waals surface area contributed by atoms with Crippen LogP contribution >= 0.6 is 0 Å². The second kappa shape index (κ2) is 19.0. The summed E-state index contributed by atoms with van der Waals surface area (Å²) in [4.78, 5) is 45.2. The molecule has 0 aliphatic carbocycles. The Hall–Kier alpha value is -9.02. The summed E-state index contributed by atoms with van der Waals surface area (Å²) in [5.41, 5.74) is 8.89. The van der Waals surface area contributed by atoms with E-state index in [0.717, 1.165) is 118 Å². The maximum Gasteiger partial charge on any atom is 0.224 e. The molecule has 384 valence electrons. The number of ether oxygens (including phenoxy) is 4. The molecule has 22 nitrogen and oxygen atoms in total. The smallest absolute Gasteiger partial charge is 0.224 e. The summed E-state index contributed by atoms with van der Waals surface area (Å²) in [6, 6.07) is 25.4. The van der Waals surface area contributed by atoms with Crippen molar-refractivity contribution in [1.82, 2.24) is 68.9 Å². The summed E-state index contributed by atoms with van der Waals surface area (Å²) in [5, 5.41) is 17.1. The molecule has 76 heavy (non-hydrogen) atoms. The Morgan fingerprint density at radius 3 is 1.36 bits per heavy atom. The lowest BCUT2D eigenvalue weighted by Crippen LogP contribution is -2.61. The highest BCUT2D eigenvalue weighted by Gasteiger charge is 2.48. The van der Waals surface area contributed by atoms with Gasteiger partial charge in [0.25, 0.3) is 0 Å². The maximum atomic E-state index is 6.04. The minimum Gasteiger partial charge on any atom is -0.495 e. The molecule has 0 radical (unpaired) electrons. The number of hydrogen-bond donors (Lipinski definition) is 2. The molecule has 10 aromatic rings. The average molecular weight is 1020 g/mol. The fraction of sp³-hybridized carbons (Fsp3) is 0.296. The number of likely N-dealkylation sites (N-methyl/N-ethyl adjacent to an activating group) is 2. The van der Waals surface area contributed by atoms with Gasteiger partial charge in [-0.1, -0.05) is 0 Å².